The number of amides is 1. The van der Waals surface area contributed by atoms with Crippen LogP contribution in [-0.2, 0) is 11.2 Å². The van der Waals surface area contributed by atoms with Crippen LogP contribution in [0.2, 0.25) is 0 Å². The fourth-order valence-corrected chi connectivity index (χ4v) is 3.22. The third kappa shape index (κ3) is 3.16. The van der Waals surface area contributed by atoms with Crippen molar-refractivity contribution in [3.05, 3.63) is 71.9 Å². The van der Waals surface area contributed by atoms with E-state index in [0.717, 1.165) is 16.6 Å². The van der Waals surface area contributed by atoms with Crippen LogP contribution in [0.5, 0.6) is 5.75 Å². The topological polar surface area (TPSA) is 98.9 Å². The van der Waals surface area contributed by atoms with E-state index >= 15 is 0 Å². The third-order valence-electron chi connectivity index (χ3n) is 4.44. The van der Waals surface area contributed by atoms with Crippen molar-refractivity contribution in [2.45, 2.75) is 6.42 Å². The lowest BCUT2D eigenvalue weighted by molar-refractivity contribution is -0.127. The zero-order valence-electron chi connectivity index (χ0n) is 14.4. The Hall–Kier alpha value is -3.58. The highest BCUT2D eigenvalue weighted by atomic mass is 16.5. The van der Waals surface area contributed by atoms with Gasteiger partial charge in [0.2, 0.25) is 0 Å². The van der Waals surface area contributed by atoms with Crippen LogP contribution < -0.4 is 10.8 Å². The molecule has 1 amide bonds. The summed E-state index contributed by atoms with van der Waals surface area (Å²) in [6, 6.07) is 19.0. The van der Waals surface area contributed by atoms with Gasteiger partial charge in [0.05, 0.1) is 17.8 Å². The van der Waals surface area contributed by atoms with Crippen molar-refractivity contribution in [2.75, 3.05) is 11.9 Å². The molecule has 0 bridgehead atoms. The van der Waals surface area contributed by atoms with Crippen molar-refractivity contribution in [2.24, 2.45) is 0 Å². The van der Waals surface area contributed by atoms with Gasteiger partial charge in [-0.15, -0.1) is 0 Å². The molecule has 0 saturated heterocycles. The van der Waals surface area contributed by atoms with E-state index in [4.69, 9.17) is 5.21 Å². The van der Waals surface area contributed by atoms with Crippen LogP contribution in [-0.4, -0.2) is 32.2 Å². The molecule has 0 atom stereocenters. The average Bonchev–Trinajstić information content (AvgIpc) is 3.04. The van der Waals surface area contributed by atoms with Gasteiger partial charge < -0.3 is 10.4 Å². The molecule has 2 heterocycles. The quantitative estimate of drug-likeness (QED) is 0.323. The van der Waals surface area contributed by atoms with Gasteiger partial charge in [-0.05, 0) is 23.8 Å². The standard InChI is InChI=1S/C20H18N4O3/c25-16-8-4-7-14-9-10-17-22-20(21-12-18(26)23-27)15(24(17)19(14)16)11-13-5-2-1-3-6-13/h1-10,21,25,27H,11-12H2,(H,23,26). The van der Waals surface area contributed by atoms with Crippen molar-refractivity contribution >= 4 is 28.3 Å². The number of nitrogens with zero attached hydrogens (tertiary/aromatic N) is 2. The van der Waals surface area contributed by atoms with Gasteiger partial charge in [0.1, 0.15) is 17.2 Å². The van der Waals surface area contributed by atoms with E-state index in [1.165, 1.54) is 0 Å². The molecule has 0 aliphatic carbocycles. The van der Waals surface area contributed by atoms with Crippen LogP contribution in [0, 0.1) is 0 Å². The highest BCUT2D eigenvalue weighted by molar-refractivity contribution is 5.88. The molecule has 2 aromatic heterocycles. The van der Waals surface area contributed by atoms with Gasteiger partial charge in [-0.1, -0.05) is 42.5 Å². The van der Waals surface area contributed by atoms with Crippen LogP contribution in [0.15, 0.2) is 60.7 Å². The van der Waals surface area contributed by atoms with Crippen molar-refractivity contribution in [1.29, 1.82) is 0 Å². The Morgan fingerprint density at radius 3 is 2.63 bits per heavy atom. The Bertz CT molecular complexity index is 1120. The Balaban J connectivity index is 1.92. The second kappa shape index (κ2) is 6.97. The number of anilines is 1. The normalized spacial score (nSPS) is 11.0. The first kappa shape index (κ1) is 16.9. The predicted octanol–water partition coefficient (Wildman–Crippen LogP) is 2.70. The van der Waals surface area contributed by atoms with E-state index in [2.05, 4.69) is 10.3 Å². The molecule has 0 spiro atoms. The summed E-state index contributed by atoms with van der Waals surface area (Å²) in [7, 11) is 0. The number of phenols is 1. The number of hydrogen-bond donors (Lipinski definition) is 4. The number of carbonyl (C=O) groups excluding carboxylic acids is 1. The number of pyridine rings is 1. The van der Waals surface area contributed by atoms with Gasteiger partial charge >= 0.3 is 0 Å². The molecule has 7 heteroatoms. The average molecular weight is 362 g/mol. The number of hydroxylamine groups is 1. The highest BCUT2D eigenvalue weighted by Gasteiger charge is 2.17. The van der Waals surface area contributed by atoms with Gasteiger partial charge in [0, 0.05) is 11.8 Å². The van der Waals surface area contributed by atoms with Crippen LogP contribution in [0.3, 0.4) is 0 Å². The number of phenolic OH excluding ortho intramolecular Hbond substituents is 1. The molecule has 0 radical (unpaired) electrons. The maximum absolute atomic E-state index is 11.4. The van der Waals surface area contributed by atoms with Gasteiger partial charge in [0.25, 0.3) is 5.91 Å². The smallest absolute Gasteiger partial charge is 0.262 e. The number of benzene rings is 2. The number of nitrogens with one attached hydrogen (secondary N) is 2. The van der Waals surface area contributed by atoms with Crippen molar-refractivity contribution in [3.63, 3.8) is 0 Å². The molecule has 4 aromatic rings. The summed E-state index contributed by atoms with van der Waals surface area (Å²) in [6.45, 7) is -0.119. The molecule has 7 nitrogen and oxygen atoms in total. The summed E-state index contributed by atoms with van der Waals surface area (Å²) < 4.78 is 1.90. The van der Waals surface area contributed by atoms with E-state index in [9.17, 15) is 9.90 Å². The van der Waals surface area contributed by atoms with E-state index in [-0.39, 0.29) is 12.3 Å². The molecule has 27 heavy (non-hydrogen) atoms. The summed E-state index contributed by atoms with van der Waals surface area (Å²) in [5, 5.41) is 23.1. The Kier molecular flexibility index (Phi) is 4.35. The molecule has 0 unspecified atom stereocenters. The van der Waals surface area contributed by atoms with Gasteiger partial charge in [0.15, 0.2) is 0 Å². The second-order valence-corrected chi connectivity index (χ2v) is 6.20. The summed E-state index contributed by atoms with van der Waals surface area (Å²) in [5.41, 5.74) is 4.80. The van der Waals surface area contributed by atoms with Gasteiger partial charge in [-0.25, -0.2) is 10.5 Å². The minimum Gasteiger partial charge on any atom is -0.506 e. The number of imidazole rings is 1. The summed E-state index contributed by atoms with van der Waals surface area (Å²) >= 11 is 0. The molecular formula is C20H18N4O3. The number of aromatic hydroxyl groups is 1. The maximum atomic E-state index is 11.4. The first-order valence-electron chi connectivity index (χ1n) is 8.50. The monoisotopic (exact) mass is 362 g/mol. The largest absolute Gasteiger partial charge is 0.506 e. The van der Waals surface area contributed by atoms with Crippen molar-refractivity contribution in [1.82, 2.24) is 14.9 Å². The van der Waals surface area contributed by atoms with Crippen LogP contribution in [0.4, 0.5) is 5.82 Å². The SMILES string of the molecule is O=C(CNc1nc2ccc3cccc(O)c3n2c1Cc1ccccc1)NO. The minimum atomic E-state index is -0.564. The number of hydrogen-bond acceptors (Lipinski definition) is 5. The van der Waals surface area contributed by atoms with E-state index in [1.54, 1.807) is 17.6 Å². The molecule has 0 fully saturated rings. The summed E-state index contributed by atoms with van der Waals surface area (Å²) in [6.07, 6.45) is 0.554. The fraction of sp³-hybridized carbons (Fsp3) is 0.100. The minimum absolute atomic E-state index is 0.119. The third-order valence-corrected chi connectivity index (χ3v) is 4.44. The Morgan fingerprint density at radius 2 is 1.85 bits per heavy atom. The van der Waals surface area contributed by atoms with Gasteiger partial charge in [-0.3, -0.25) is 14.4 Å². The zero-order chi connectivity index (χ0) is 18.8. The molecule has 4 rings (SSSR count). The number of fused-ring (bicyclic) bond motifs is 3. The molecule has 0 saturated carbocycles. The van der Waals surface area contributed by atoms with Crippen molar-refractivity contribution < 1.29 is 15.1 Å². The molecule has 136 valence electrons. The van der Waals surface area contributed by atoms with Gasteiger partial charge in [-0.2, -0.15) is 0 Å². The Morgan fingerprint density at radius 1 is 1.04 bits per heavy atom. The van der Waals surface area contributed by atoms with E-state index < -0.39 is 5.91 Å². The number of carbonyl (C=O) groups is 1. The van der Waals surface area contributed by atoms with Crippen molar-refractivity contribution in [3.8, 4) is 5.75 Å². The first-order chi connectivity index (χ1) is 13.2. The summed E-state index contributed by atoms with van der Waals surface area (Å²) in [4.78, 5) is 16.0. The molecule has 0 aliphatic rings. The lowest BCUT2D eigenvalue weighted by Gasteiger charge is -2.10. The number of aromatic nitrogens is 2. The Labute approximate surface area is 154 Å². The molecular weight excluding hydrogens is 344 g/mol. The maximum Gasteiger partial charge on any atom is 0.262 e. The lowest BCUT2D eigenvalue weighted by atomic mass is 10.1. The number of rotatable bonds is 5. The molecule has 2 aromatic carbocycles. The zero-order valence-corrected chi connectivity index (χ0v) is 14.4. The fourth-order valence-electron chi connectivity index (χ4n) is 3.22. The summed E-state index contributed by atoms with van der Waals surface area (Å²) in [5.74, 6) is 0.119. The predicted molar refractivity (Wildman–Crippen MR) is 102 cm³/mol. The molecule has 4 N–H and O–H groups in total. The number of para-hydroxylation sites is 1. The van der Waals surface area contributed by atoms with Crippen LogP contribution >= 0.6 is 0 Å². The second-order valence-electron chi connectivity index (χ2n) is 6.20. The van der Waals surface area contributed by atoms with E-state index in [1.807, 2.05) is 52.9 Å². The highest BCUT2D eigenvalue weighted by Crippen LogP contribution is 2.30. The van der Waals surface area contributed by atoms with Crippen LogP contribution in [0.25, 0.3) is 16.6 Å². The lowest BCUT2D eigenvalue weighted by Crippen LogP contribution is -2.27. The van der Waals surface area contributed by atoms with Crippen LogP contribution in [0.1, 0.15) is 11.3 Å². The molecule has 0 aliphatic heterocycles. The first-order valence-corrected chi connectivity index (χ1v) is 8.50. The van der Waals surface area contributed by atoms with E-state index in [0.29, 0.717) is 23.4 Å².